The molecule has 4 amide bonds. The average Bonchev–Trinajstić information content (AvgIpc) is 2.66. The van der Waals surface area contributed by atoms with Gasteiger partial charge in [-0.1, -0.05) is 19.1 Å². The summed E-state index contributed by atoms with van der Waals surface area (Å²) in [5.41, 5.74) is 1.81. The van der Waals surface area contributed by atoms with Gasteiger partial charge in [0, 0.05) is 25.3 Å². The van der Waals surface area contributed by atoms with Crippen LogP contribution in [0.1, 0.15) is 38.7 Å². The summed E-state index contributed by atoms with van der Waals surface area (Å²) < 4.78 is 0. The van der Waals surface area contributed by atoms with E-state index in [1.54, 1.807) is 11.8 Å². The van der Waals surface area contributed by atoms with E-state index in [0.29, 0.717) is 26.1 Å². The zero-order valence-corrected chi connectivity index (χ0v) is 16.4. The number of hydrogen-bond acceptors (Lipinski definition) is 3. The van der Waals surface area contributed by atoms with Crippen molar-refractivity contribution in [1.29, 1.82) is 0 Å². The predicted molar refractivity (Wildman–Crippen MR) is 105 cm³/mol. The summed E-state index contributed by atoms with van der Waals surface area (Å²) in [7, 11) is 0. The van der Waals surface area contributed by atoms with Gasteiger partial charge in [0.15, 0.2) is 0 Å². The second-order valence-electron chi connectivity index (χ2n) is 7.11. The van der Waals surface area contributed by atoms with Crippen molar-refractivity contribution >= 4 is 23.5 Å². The molecule has 1 aliphatic heterocycles. The number of anilines is 1. The van der Waals surface area contributed by atoms with E-state index >= 15 is 0 Å². The third kappa shape index (κ3) is 6.27. The Morgan fingerprint density at radius 1 is 1.30 bits per heavy atom. The molecule has 1 saturated heterocycles. The first-order chi connectivity index (χ1) is 12.9. The normalized spacial score (nSPS) is 17.7. The van der Waals surface area contributed by atoms with Gasteiger partial charge in [-0.15, -0.1) is 0 Å². The summed E-state index contributed by atoms with van der Waals surface area (Å²) >= 11 is 0. The molecular weight excluding hydrogens is 344 g/mol. The van der Waals surface area contributed by atoms with Crippen LogP contribution in [-0.4, -0.2) is 48.4 Å². The number of carbonyl (C=O) groups is 3. The van der Waals surface area contributed by atoms with E-state index in [1.807, 2.05) is 38.1 Å². The highest BCUT2D eigenvalue weighted by atomic mass is 16.2. The summed E-state index contributed by atoms with van der Waals surface area (Å²) in [4.78, 5) is 38.6. The smallest absolute Gasteiger partial charge is 0.321 e. The van der Waals surface area contributed by atoms with Gasteiger partial charge in [-0.3, -0.25) is 9.59 Å². The number of aryl methyl sites for hydroxylation is 1. The monoisotopic (exact) mass is 374 g/mol. The fourth-order valence-electron chi connectivity index (χ4n) is 3.10. The van der Waals surface area contributed by atoms with Crippen LogP contribution in [0.15, 0.2) is 24.3 Å². The van der Waals surface area contributed by atoms with Gasteiger partial charge >= 0.3 is 6.03 Å². The van der Waals surface area contributed by atoms with E-state index in [0.717, 1.165) is 24.1 Å². The largest absolute Gasteiger partial charge is 0.354 e. The molecule has 1 aromatic carbocycles. The molecule has 148 valence electrons. The number of amides is 4. The first kappa shape index (κ1) is 20.7. The van der Waals surface area contributed by atoms with Gasteiger partial charge in [0.2, 0.25) is 11.8 Å². The maximum atomic E-state index is 12.5. The molecular formula is C20H30N4O3. The molecule has 3 N–H and O–H groups in total. The summed E-state index contributed by atoms with van der Waals surface area (Å²) in [6.45, 7) is 7.18. The number of nitrogens with one attached hydrogen (secondary N) is 3. The van der Waals surface area contributed by atoms with Crippen LogP contribution in [-0.2, 0) is 9.59 Å². The Morgan fingerprint density at radius 3 is 2.78 bits per heavy atom. The first-order valence-corrected chi connectivity index (χ1v) is 9.61. The number of carbonyl (C=O) groups excluding carboxylic acids is 3. The maximum absolute atomic E-state index is 12.5. The molecule has 7 heteroatoms. The second kappa shape index (κ2) is 9.94. The molecule has 0 aliphatic carbocycles. The minimum Gasteiger partial charge on any atom is -0.354 e. The zero-order valence-electron chi connectivity index (χ0n) is 16.4. The Balaban J connectivity index is 1.87. The first-order valence-electron chi connectivity index (χ1n) is 9.61. The molecule has 27 heavy (non-hydrogen) atoms. The third-order valence-corrected chi connectivity index (χ3v) is 4.65. The summed E-state index contributed by atoms with van der Waals surface area (Å²) in [5.74, 6) is -0.666. The topological polar surface area (TPSA) is 90.5 Å². The number of rotatable bonds is 6. The highest BCUT2D eigenvalue weighted by molar-refractivity contribution is 5.91. The Kier molecular flexibility index (Phi) is 7.64. The van der Waals surface area contributed by atoms with Crippen LogP contribution in [0.2, 0.25) is 0 Å². The molecule has 0 spiro atoms. The Morgan fingerprint density at radius 2 is 2.07 bits per heavy atom. The Bertz CT molecular complexity index is 677. The van der Waals surface area contributed by atoms with Gasteiger partial charge in [-0.05, 0) is 50.8 Å². The van der Waals surface area contributed by atoms with Crippen molar-refractivity contribution in [1.82, 2.24) is 15.5 Å². The van der Waals surface area contributed by atoms with Crippen LogP contribution in [0, 0.1) is 12.8 Å². The predicted octanol–water partition coefficient (Wildman–Crippen LogP) is 2.27. The van der Waals surface area contributed by atoms with Crippen LogP contribution in [0.4, 0.5) is 10.5 Å². The number of nitrogens with zero attached hydrogens (tertiary/aromatic N) is 1. The van der Waals surface area contributed by atoms with Gasteiger partial charge < -0.3 is 20.9 Å². The summed E-state index contributed by atoms with van der Waals surface area (Å²) in [6.07, 6.45) is 2.32. The molecule has 1 aromatic rings. The SMILES string of the molecule is CCCNC(=O)[C@H](C)NC(=O)[C@@H]1CCCN(C(=O)Nc2cccc(C)c2)C1. The summed E-state index contributed by atoms with van der Waals surface area (Å²) in [5, 5.41) is 8.42. The van der Waals surface area contributed by atoms with E-state index in [2.05, 4.69) is 16.0 Å². The van der Waals surface area contributed by atoms with Crippen molar-refractivity contribution in [3.8, 4) is 0 Å². The molecule has 1 fully saturated rings. The zero-order chi connectivity index (χ0) is 19.8. The standard InChI is InChI=1S/C20H30N4O3/c1-4-10-21-18(25)15(3)22-19(26)16-8-6-11-24(13-16)20(27)23-17-9-5-7-14(2)12-17/h5,7,9,12,15-16H,4,6,8,10-11,13H2,1-3H3,(H,21,25)(H,22,26)(H,23,27)/t15-,16+/m0/s1. The van der Waals surface area contributed by atoms with Crippen LogP contribution in [0.25, 0.3) is 0 Å². The van der Waals surface area contributed by atoms with Crippen molar-refractivity contribution in [3.63, 3.8) is 0 Å². The van der Waals surface area contributed by atoms with E-state index in [4.69, 9.17) is 0 Å². The molecule has 0 saturated carbocycles. The molecule has 1 heterocycles. The highest BCUT2D eigenvalue weighted by Gasteiger charge is 2.30. The van der Waals surface area contributed by atoms with Crippen molar-refractivity contribution in [2.45, 2.75) is 46.1 Å². The average molecular weight is 374 g/mol. The van der Waals surface area contributed by atoms with E-state index in [1.165, 1.54) is 0 Å². The van der Waals surface area contributed by atoms with Crippen molar-refractivity contribution in [3.05, 3.63) is 29.8 Å². The molecule has 0 bridgehead atoms. The number of likely N-dealkylation sites (tertiary alicyclic amines) is 1. The lowest BCUT2D eigenvalue weighted by atomic mass is 9.97. The summed E-state index contributed by atoms with van der Waals surface area (Å²) in [6, 6.07) is 6.82. The molecule has 0 radical (unpaired) electrons. The van der Waals surface area contributed by atoms with Crippen LogP contribution < -0.4 is 16.0 Å². The lowest BCUT2D eigenvalue weighted by Gasteiger charge is -2.32. The molecule has 2 atom stereocenters. The Hall–Kier alpha value is -2.57. The van der Waals surface area contributed by atoms with Crippen molar-refractivity contribution in [2.75, 3.05) is 25.0 Å². The van der Waals surface area contributed by atoms with Gasteiger partial charge in [0.1, 0.15) is 6.04 Å². The number of hydrogen-bond donors (Lipinski definition) is 3. The van der Waals surface area contributed by atoms with E-state index in [9.17, 15) is 14.4 Å². The lowest BCUT2D eigenvalue weighted by Crippen LogP contribution is -2.51. The maximum Gasteiger partial charge on any atom is 0.321 e. The fourth-order valence-corrected chi connectivity index (χ4v) is 3.10. The minimum atomic E-state index is -0.583. The number of urea groups is 1. The highest BCUT2D eigenvalue weighted by Crippen LogP contribution is 2.18. The van der Waals surface area contributed by atoms with Crippen LogP contribution in [0.3, 0.4) is 0 Å². The molecule has 1 aliphatic rings. The van der Waals surface area contributed by atoms with E-state index < -0.39 is 6.04 Å². The fraction of sp³-hybridized carbons (Fsp3) is 0.550. The van der Waals surface area contributed by atoms with Gasteiger partial charge in [0.05, 0.1) is 5.92 Å². The van der Waals surface area contributed by atoms with Crippen molar-refractivity contribution in [2.24, 2.45) is 5.92 Å². The van der Waals surface area contributed by atoms with Crippen LogP contribution >= 0.6 is 0 Å². The second-order valence-corrected chi connectivity index (χ2v) is 7.11. The number of benzene rings is 1. The van der Waals surface area contributed by atoms with Gasteiger partial charge in [0.25, 0.3) is 0 Å². The van der Waals surface area contributed by atoms with Crippen LogP contribution in [0.5, 0.6) is 0 Å². The van der Waals surface area contributed by atoms with Crippen molar-refractivity contribution < 1.29 is 14.4 Å². The van der Waals surface area contributed by atoms with E-state index in [-0.39, 0.29) is 23.8 Å². The minimum absolute atomic E-state index is 0.179. The number of piperidine rings is 1. The van der Waals surface area contributed by atoms with Gasteiger partial charge in [-0.2, -0.15) is 0 Å². The molecule has 7 nitrogen and oxygen atoms in total. The third-order valence-electron chi connectivity index (χ3n) is 4.65. The Labute approximate surface area is 160 Å². The molecule has 2 rings (SSSR count). The van der Waals surface area contributed by atoms with Gasteiger partial charge in [-0.25, -0.2) is 4.79 Å². The molecule has 0 aromatic heterocycles. The quantitative estimate of drug-likeness (QED) is 0.713. The molecule has 0 unspecified atom stereocenters. The lowest BCUT2D eigenvalue weighted by molar-refractivity contribution is -0.131.